The first kappa shape index (κ1) is 13.8. The van der Waals surface area contributed by atoms with Gasteiger partial charge >= 0.3 is 6.03 Å². The van der Waals surface area contributed by atoms with Gasteiger partial charge in [0.15, 0.2) is 0 Å². The number of hydrogen-bond donors (Lipinski definition) is 1. The Kier molecular flexibility index (Phi) is 3.49. The summed E-state index contributed by atoms with van der Waals surface area (Å²) in [4.78, 5) is 38.8. The van der Waals surface area contributed by atoms with Crippen LogP contribution in [-0.4, -0.2) is 76.5 Å². The lowest BCUT2D eigenvalue weighted by molar-refractivity contribution is -0.158. The van der Waals surface area contributed by atoms with Gasteiger partial charge in [0, 0.05) is 7.05 Å². The van der Waals surface area contributed by atoms with Crippen molar-refractivity contribution in [2.75, 3.05) is 33.2 Å². The molecule has 0 spiro atoms. The number of carbonyl (C=O) groups is 3. The van der Waals surface area contributed by atoms with E-state index in [1.54, 1.807) is 0 Å². The molecule has 0 radical (unpaired) electrons. The molecular formula is C12H19N3O4. The molecule has 0 bridgehead atoms. The van der Waals surface area contributed by atoms with E-state index in [2.05, 4.69) is 0 Å². The third kappa shape index (κ3) is 2.56. The summed E-state index contributed by atoms with van der Waals surface area (Å²) in [5.41, 5.74) is -0.791. The second-order valence-corrected chi connectivity index (χ2v) is 5.34. The number of imide groups is 1. The molecule has 2 fully saturated rings. The average molecular weight is 269 g/mol. The van der Waals surface area contributed by atoms with Gasteiger partial charge in [-0.25, -0.2) is 4.79 Å². The van der Waals surface area contributed by atoms with Gasteiger partial charge in [-0.1, -0.05) is 13.3 Å². The van der Waals surface area contributed by atoms with Crippen LogP contribution in [0.4, 0.5) is 4.79 Å². The number of rotatable bonds is 4. The highest BCUT2D eigenvalue weighted by atomic mass is 16.3. The molecule has 0 saturated carbocycles. The summed E-state index contributed by atoms with van der Waals surface area (Å²) < 4.78 is 0. The van der Waals surface area contributed by atoms with Crippen LogP contribution in [0.5, 0.6) is 0 Å². The molecule has 2 rings (SSSR count). The van der Waals surface area contributed by atoms with Gasteiger partial charge in [0.05, 0.1) is 18.7 Å². The molecule has 0 aliphatic carbocycles. The van der Waals surface area contributed by atoms with E-state index in [9.17, 15) is 19.5 Å². The van der Waals surface area contributed by atoms with E-state index in [1.165, 1.54) is 16.8 Å². The molecule has 0 aromatic heterocycles. The Bertz CT molecular complexity index is 417. The molecule has 106 valence electrons. The van der Waals surface area contributed by atoms with Crippen molar-refractivity contribution in [2.24, 2.45) is 0 Å². The fourth-order valence-electron chi connectivity index (χ4n) is 2.52. The Morgan fingerprint density at radius 2 is 2.00 bits per heavy atom. The Labute approximate surface area is 111 Å². The number of aliphatic hydroxyl groups is 1. The van der Waals surface area contributed by atoms with Crippen molar-refractivity contribution in [1.82, 2.24) is 14.7 Å². The first-order valence-electron chi connectivity index (χ1n) is 6.42. The minimum Gasteiger partial charge on any atom is -0.386 e. The molecule has 0 aromatic rings. The number of β-amino-alcohol motifs (C(OH)–C–C–N with tert-alkyl or cyclic N) is 1. The quantitative estimate of drug-likeness (QED) is 0.681. The van der Waals surface area contributed by atoms with Crippen LogP contribution >= 0.6 is 0 Å². The minimum absolute atomic E-state index is 0.0197. The highest BCUT2D eigenvalue weighted by Crippen LogP contribution is 2.26. The Balaban J connectivity index is 1.87. The van der Waals surface area contributed by atoms with E-state index >= 15 is 0 Å². The molecule has 0 atom stereocenters. The van der Waals surface area contributed by atoms with E-state index in [0.29, 0.717) is 6.42 Å². The predicted molar refractivity (Wildman–Crippen MR) is 66.2 cm³/mol. The van der Waals surface area contributed by atoms with Crippen molar-refractivity contribution in [3.05, 3.63) is 0 Å². The molecule has 2 aliphatic heterocycles. The number of hydrogen-bond acceptors (Lipinski definition) is 4. The van der Waals surface area contributed by atoms with E-state index < -0.39 is 11.6 Å². The maximum Gasteiger partial charge on any atom is 0.327 e. The van der Waals surface area contributed by atoms with Gasteiger partial charge in [-0.15, -0.1) is 0 Å². The lowest BCUT2D eigenvalue weighted by Crippen LogP contribution is -2.64. The summed E-state index contributed by atoms with van der Waals surface area (Å²) in [6, 6.07) is -0.442. The largest absolute Gasteiger partial charge is 0.386 e. The van der Waals surface area contributed by atoms with Crippen molar-refractivity contribution in [3.63, 3.8) is 0 Å². The summed E-state index contributed by atoms with van der Waals surface area (Å²) >= 11 is 0. The maximum absolute atomic E-state index is 11.9. The van der Waals surface area contributed by atoms with Crippen LogP contribution in [-0.2, 0) is 9.59 Å². The zero-order valence-electron chi connectivity index (χ0n) is 11.3. The van der Waals surface area contributed by atoms with Crippen molar-refractivity contribution in [2.45, 2.75) is 25.4 Å². The van der Waals surface area contributed by atoms with Crippen molar-refractivity contribution in [3.8, 4) is 0 Å². The summed E-state index contributed by atoms with van der Waals surface area (Å²) in [7, 11) is 1.52. The number of likely N-dealkylation sites (N-methyl/N-ethyl adjacent to an activating group) is 1. The van der Waals surface area contributed by atoms with Gasteiger partial charge in [0.2, 0.25) is 5.91 Å². The SMILES string of the molecule is CCCC1(O)CN(C(=O)CN2C(=O)CN(C)C2=O)C1. The summed E-state index contributed by atoms with van der Waals surface area (Å²) in [5, 5.41) is 9.99. The highest BCUT2D eigenvalue weighted by Gasteiger charge is 2.44. The molecule has 2 aliphatic rings. The van der Waals surface area contributed by atoms with Crippen LogP contribution in [0.3, 0.4) is 0 Å². The van der Waals surface area contributed by atoms with Crippen molar-refractivity contribution < 1.29 is 19.5 Å². The standard InChI is InChI=1S/C12H19N3O4/c1-3-4-12(19)7-14(8-12)9(16)6-15-10(17)5-13(2)11(15)18/h19H,3-8H2,1-2H3. The third-order valence-electron chi connectivity index (χ3n) is 3.56. The second-order valence-electron chi connectivity index (χ2n) is 5.34. The number of likely N-dealkylation sites (tertiary alicyclic amines) is 1. The minimum atomic E-state index is -0.791. The Morgan fingerprint density at radius 1 is 1.37 bits per heavy atom. The van der Waals surface area contributed by atoms with Gasteiger partial charge < -0.3 is 14.9 Å². The van der Waals surface area contributed by atoms with E-state index in [0.717, 1.165) is 11.3 Å². The summed E-state index contributed by atoms with van der Waals surface area (Å²) in [5.74, 6) is -0.650. The molecule has 7 nitrogen and oxygen atoms in total. The van der Waals surface area contributed by atoms with E-state index in [-0.39, 0.29) is 38.0 Å². The van der Waals surface area contributed by atoms with Crippen LogP contribution < -0.4 is 0 Å². The zero-order chi connectivity index (χ0) is 14.2. The number of urea groups is 1. The zero-order valence-corrected chi connectivity index (χ0v) is 11.3. The molecule has 0 aromatic carbocycles. The molecule has 2 heterocycles. The van der Waals surface area contributed by atoms with Crippen molar-refractivity contribution >= 4 is 17.8 Å². The van der Waals surface area contributed by atoms with Crippen LogP contribution in [0.2, 0.25) is 0 Å². The van der Waals surface area contributed by atoms with Gasteiger partial charge in [-0.2, -0.15) is 0 Å². The second kappa shape index (κ2) is 4.80. The monoisotopic (exact) mass is 269 g/mol. The lowest BCUT2D eigenvalue weighted by Gasteiger charge is -2.46. The fraction of sp³-hybridized carbons (Fsp3) is 0.750. The number of carbonyl (C=O) groups excluding carboxylic acids is 3. The fourth-order valence-corrected chi connectivity index (χ4v) is 2.52. The topological polar surface area (TPSA) is 81.2 Å². The van der Waals surface area contributed by atoms with E-state index in [4.69, 9.17) is 0 Å². The number of nitrogens with zero attached hydrogens (tertiary/aromatic N) is 3. The normalized spacial score (nSPS) is 21.9. The molecule has 7 heteroatoms. The molecule has 2 saturated heterocycles. The molecule has 19 heavy (non-hydrogen) atoms. The summed E-state index contributed by atoms with van der Waals surface area (Å²) in [6.07, 6.45) is 1.51. The summed E-state index contributed by atoms with van der Waals surface area (Å²) in [6.45, 7) is 2.33. The van der Waals surface area contributed by atoms with Gasteiger partial charge in [-0.05, 0) is 6.42 Å². The first-order valence-corrected chi connectivity index (χ1v) is 6.42. The Hall–Kier alpha value is -1.63. The van der Waals surface area contributed by atoms with Crippen LogP contribution in [0.1, 0.15) is 19.8 Å². The lowest BCUT2D eigenvalue weighted by atomic mass is 9.89. The first-order chi connectivity index (χ1) is 8.86. The van der Waals surface area contributed by atoms with Gasteiger partial charge in [0.25, 0.3) is 5.91 Å². The molecule has 1 N–H and O–H groups in total. The molecule has 0 unspecified atom stereocenters. The van der Waals surface area contributed by atoms with E-state index in [1.807, 2.05) is 6.92 Å². The Morgan fingerprint density at radius 3 is 2.47 bits per heavy atom. The maximum atomic E-state index is 11.9. The van der Waals surface area contributed by atoms with Gasteiger partial charge in [0.1, 0.15) is 13.1 Å². The average Bonchev–Trinajstić information content (AvgIpc) is 2.53. The predicted octanol–water partition coefficient (Wildman–Crippen LogP) is -0.746. The van der Waals surface area contributed by atoms with Crippen molar-refractivity contribution in [1.29, 1.82) is 0 Å². The molecular weight excluding hydrogens is 250 g/mol. The number of amides is 4. The van der Waals surface area contributed by atoms with Crippen LogP contribution in [0, 0.1) is 0 Å². The van der Waals surface area contributed by atoms with Gasteiger partial charge in [-0.3, -0.25) is 14.5 Å². The smallest absolute Gasteiger partial charge is 0.327 e. The van der Waals surface area contributed by atoms with Crippen LogP contribution in [0.25, 0.3) is 0 Å². The third-order valence-corrected chi connectivity index (χ3v) is 3.56. The molecule has 4 amide bonds. The van der Waals surface area contributed by atoms with Crippen LogP contribution in [0.15, 0.2) is 0 Å². The highest BCUT2D eigenvalue weighted by molar-refractivity contribution is 6.04.